The Balaban J connectivity index is 1.06. The molecule has 0 aliphatic carbocycles. The van der Waals surface area contributed by atoms with Crippen LogP contribution in [0.4, 0.5) is 0 Å². The molecule has 234 valence electrons. The molecule has 0 spiro atoms. The summed E-state index contributed by atoms with van der Waals surface area (Å²) < 4.78 is 8.95. The Morgan fingerprint density at radius 1 is 0.360 bits per heavy atom. The van der Waals surface area contributed by atoms with Gasteiger partial charge < -0.3 is 4.42 Å². The zero-order valence-corrected chi connectivity index (χ0v) is 27.6. The highest BCUT2D eigenvalue weighted by Crippen LogP contribution is 2.43. The molecule has 7 aromatic carbocycles. The highest BCUT2D eigenvalue weighted by molar-refractivity contribution is 7.26. The normalized spacial score (nSPS) is 11.6. The Hall–Kier alpha value is -6.43. The molecule has 10 rings (SSSR count). The minimum atomic E-state index is 0.641. The molecule has 0 aliphatic rings. The van der Waals surface area contributed by atoms with Crippen molar-refractivity contribution in [1.29, 1.82) is 0 Å². The van der Waals surface area contributed by atoms with Crippen LogP contribution in [0, 0.1) is 0 Å². The maximum absolute atomic E-state index is 6.46. The third-order valence-corrected chi connectivity index (χ3v) is 10.5. The molecule has 0 N–H and O–H groups in total. The average Bonchev–Trinajstić information content (AvgIpc) is 3.76. The van der Waals surface area contributed by atoms with Gasteiger partial charge >= 0.3 is 0 Å². The van der Waals surface area contributed by atoms with Gasteiger partial charge in [0, 0.05) is 47.6 Å². The van der Waals surface area contributed by atoms with Crippen LogP contribution in [-0.4, -0.2) is 15.0 Å². The summed E-state index contributed by atoms with van der Waals surface area (Å²) in [5.74, 6) is 1.94. The fourth-order valence-corrected chi connectivity index (χ4v) is 7.96. The van der Waals surface area contributed by atoms with E-state index in [-0.39, 0.29) is 0 Å². The topological polar surface area (TPSA) is 51.8 Å². The van der Waals surface area contributed by atoms with Crippen molar-refractivity contribution in [3.8, 4) is 56.4 Å². The average molecular weight is 658 g/mol. The largest absolute Gasteiger partial charge is 0.455 e. The fourth-order valence-electron chi connectivity index (χ4n) is 6.88. The predicted octanol–water partition coefficient (Wildman–Crippen LogP) is 12.5. The molecule has 0 radical (unpaired) electrons. The molecule has 10 aromatic rings. The molecule has 0 atom stereocenters. The van der Waals surface area contributed by atoms with E-state index < -0.39 is 0 Å². The molecule has 0 aliphatic heterocycles. The summed E-state index contributed by atoms with van der Waals surface area (Å²) in [7, 11) is 0. The number of aromatic nitrogens is 3. The van der Waals surface area contributed by atoms with Gasteiger partial charge in [0.25, 0.3) is 0 Å². The summed E-state index contributed by atoms with van der Waals surface area (Å²) in [6, 6.07) is 56.9. The third-order valence-electron chi connectivity index (χ3n) is 9.33. The van der Waals surface area contributed by atoms with Gasteiger partial charge in [-0.05, 0) is 64.7 Å². The van der Waals surface area contributed by atoms with Crippen molar-refractivity contribution >= 4 is 53.4 Å². The summed E-state index contributed by atoms with van der Waals surface area (Å²) in [4.78, 5) is 14.8. The lowest BCUT2D eigenvalue weighted by Gasteiger charge is -2.10. The molecule has 3 aromatic heterocycles. The first-order valence-electron chi connectivity index (χ1n) is 16.6. The van der Waals surface area contributed by atoms with E-state index in [1.165, 1.54) is 25.7 Å². The van der Waals surface area contributed by atoms with Gasteiger partial charge in [-0.3, -0.25) is 0 Å². The summed E-state index contributed by atoms with van der Waals surface area (Å²) in [5.41, 5.74) is 9.27. The number of fused-ring (bicyclic) bond motifs is 7. The van der Waals surface area contributed by atoms with E-state index >= 15 is 0 Å². The lowest BCUT2D eigenvalue weighted by Crippen LogP contribution is -2.00. The maximum atomic E-state index is 6.46. The Labute approximate surface area is 292 Å². The van der Waals surface area contributed by atoms with Gasteiger partial charge in [0.05, 0.1) is 0 Å². The minimum absolute atomic E-state index is 0.641. The molecular formula is C45H27N3OS. The van der Waals surface area contributed by atoms with Gasteiger partial charge in [0.1, 0.15) is 11.2 Å². The second-order valence-electron chi connectivity index (χ2n) is 12.4. The van der Waals surface area contributed by atoms with Crippen LogP contribution in [0.3, 0.4) is 0 Å². The fraction of sp³-hybridized carbons (Fsp3) is 0. The van der Waals surface area contributed by atoms with Crippen LogP contribution in [0.15, 0.2) is 168 Å². The highest BCUT2D eigenvalue weighted by atomic mass is 32.1. The van der Waals surface area contributed by atoms with Crippen molar-refractivity contribution < 1.29 is 4.42 Å². The lowest BCUT2D eigenvalue weighted by molar-refractivity contribution is 0.673. The molecule has 0 saturated heterocycles. The van der Waals surface area contributed by atoms with Crippen molar-refractivity contribution in [3.05, 3.63) is 164 Å². The predicted molar refractivity (Wildman–Crippen MR) is 207 cm³/mol. The van der Waals surface area contributed by atoms with Gasteiger partial charge in [0.15, 0.2) is 17.5 Å². The second kappa shape index (κ2) is 11.6. The van der Waals surface area contributed by atoms with Crippen LogP contribution in [0.25, 0.3) is 98.5 Å². The van der Waals surface area contributed by atoms with Crippen LogP contribution in [0.2, 0.25) is 0 Å². The van der Waals surface area contributed by atoms with Crippen LogP contribution in [0.5, 0.6) is 0 Å². The first kappa shape index (κ1) is 28.6. The number of hydrogen-bond acceptors (Lipinski definition) is 5. The first-order chi connectivity index (χ1) is 24.7. The van der Waals surface area contributed by atoms with Crippen molar-refractivity contribution in [3.63, 3.8) is 0 Å². The maximum Gasteiger partial charge on any atom is 0.164 e. The third kappa shape index (κ3) is 4.87. The molecule has 0 saturated carbocycles. The van der Waals surface area contributed by atoms with E-state index in [0.717, 1.165) is 55.3 Å². The quantitative estimate of drug-likeness (QED) is 0.185. The molecule has 3 heterocycles. The first-order valence-corrected chi connectivity index (χ1v) is 17.4. The van der Waals surface area contributed by atoms with E-state index in [2.05, 4.69) is 91.0 Å². The minimum Gasteiger partial charge on any atom is -0.455 e. The number of para-hydroxylation sites is 1. The number of furan rings is 1. The zero-order chi connectivity index (χ0) is 33.0. The standard InChI is InChI=1S/C45H27N3OS/c1-3-11-28(12-4-1)43-46-44(29-13-5-2-6-14-29)48-45(47-43)34-18-10-17-32(26-34)30-15-9-16-31(25-30)33-21-23-39-37(27-33)41-40(50-39)24-22-36-35-19-7-8-20-38(35)49-42(36)41/h1-27H. The Morgan fingerprint density at radius 3 is 1.56 bits per heavy atom. The van der Waals surface area contributed by atoms with Crippen LogP contribution in [-0.2, 0) is 0 Å². The SMILES string of the molecule is c1ccc(-c2nc(-c3ccccc3)nc(-c3cccc(-c4cccc(-c5ccc6sc7ccc8c9ccccc9oc8c7c6c5)c4)c3)n2)cc1. The molecule has 50 heavy (non-hydrogen) atoms. The summed E-state index contributed by atoms with van der Waals surface area (Å²) in [5, 5.41) is 4.72. The van der Waals surface area contributed by atoms with Gasteiger partial charge in [-0.15, -0.1) is 11.3 Å². The molecular weight excluding hydrogens is 631 g/mol. The molecule has 5 heteroatoms. The molecule has 4 nitrogen and oxygen atoms in total. The Morgan fingerprint density at radius 2 is 0.880 bits per heavy atom. The monoisotopic (exact) mass is 657 g/mol. The smallest absolute Gasteiger partial charge is 0.164 e. The molecule has 0 amide bonds. The number of hydrogen-bond donors (Lipinski definition) is 0. The van der Waals surface area contributed by atoms with Gasteiger partial charge in [-0.2, -0.15) is 0 Å². The summed E-state index contributed by atoms with van der Waals surface area (Å²) in [6.45, 7) is 0. The van der Waals surface area contributed by atoms with Crippen LogP contribution >= 0.6 is 11.3 Å². The number of rotatable bonds is 5. The van der Waals surface area contributed by atoms with Crippen molar-refractivity contribution in [2.75, 3.05) is 0 Å². The van der Waals surface area contributed by atoms with Crippen molar-refractivity contribution in [1.82, 2.24) is 15.0 Å². The Bertz CT molecular complexity index is 2820. The van der Waals surface area contributed by atoms with Crippen molar-refractivity contribution in [2.24, 2.45) is 0 Å². The number of benzene rings is 7. The molecule has 0 bridgehead atoms. The summed E-state index contributed by atoms with van der Waals surface area (Å²) >= 11 is 1.81. The molecule has 0 unspecified atom stereocenters. The number of thiophene rings is 1. The van der Waals surface area contributed by atoms with E-state index in [9.17, 15) is 0 Å². The van der Waals surface area contributed by atoms with Gasteiger partial charge in [-0.25, -0.2) is 15.0 Å². The van der Waals surface area contributed by atoms with Gasteiger partial charge in [0.2, 0.25) is 0 Å². The van der Waals surface area contributed by atoms with E-state index in [0.29, 0.717) is 17.5 Å². The van der Waals surface area contributed by atoms with Gasteiger partial charge in [-0.1, -0.05) is 121 Å². The summed E-state index contributed by atoms with van der Waals surface area (Å²) in [6.07, 6.45) is 0. The lowest BCUT2D eigenvalue weighted by atomic mass is 9.97. The van der Waals surface area contributed by atoms with E-state index in [1.54, 1.807) is 0 Å². The Kier molecular flexibility index (Phi) is 6.64. The van der Waals surface area contributed by atoms with Crippen LogP contribution in [0.1, 0.15) is 0 Å². The zero-order valence-electron chi connectivity index (χ0n) is 26.7. The highest BCUT2D eigenvalue weighted by Gasteiger charge is 2.16. The van der Waals surface area contributed by atoms with Crippen molar-refractivity contribution in [2.45, 2.75) is 0 Å². The number of nitrogens with zero attached hydrogens (tertiary/aromatic N) is 3. The van der Waals surface area contributed by atoms with E-state index in [4.69, 9.17) is 19.4 Å². The van der Waals surface area contributed by atoms with Crippen LogP contribution < -0.4 is 0 Å². The molecule has 0 fully saturated rings. The second-order valence-corrected chi connectivity index (χ2v) is 13.5. The van der Waals surface area contributed by atoms with E-state index in [1.807, 2.05) is 84.1 Å².